The monoisotopic (exact) mass is 519 g/mol. The third-order valence-corrected chi connectivity index (χ3v) is 7.70. The highest BCUT2D eigenvalue weighted by atomic mass is 32.2. The summed E-state index contributed by atoms with van der Waals surface area (Å²) in [7, 11) is -3.56. The topological polar surface area (TPSA) is 97.0 Å². The molecule has 1 heterocycles. The molecular weight excluding hydrogens is 486 g/mol. The molecule has 3 rings (SSSR count). The number of nitrogens with one attached hydrogen (secondary N) is 2. The van der Waals surface area contributed by atoms with E-state index < -0.39 is 10.0 Å². The Morgan fingerprint density at radius 1 is 1.00 bits per heavy atom. The lowest BCUT2D eigenvalue weighted by molar-refractivity contribution is 0.0730. The van der Waals surface area contributed by atoms with E-state index in [2.05, 4.69) is 17.6 Å². The van der Waals surface area contributed by atoms with Crippen LogP contribution < -0.4 is 15.4 Å². The second kappa shape index (κ2) is 13.5. The van der Waals surface area contributed by atoms with Gasteiger partial charge in [-0.1, -0.05) is 32.6 Å². The summed E-state index contributed by atoms with van der Waals surface area (Å²) in [6.45, 7) is 4.31. The first kappa shape index (κ1) is 27.1. The van der Waals surface area contributed by atoms with Crippen molar-refractivity contribution in [3.05, 3.63) is 54.1 Å². The van der Waals surface area contributed by atoms with Crippen molar-refractivity contribution in [3.63, 3.8) is 0 Å². The van der Waals surface area contributed by atoms with Crippen molar-refractivity contribution >= 4 is 38.9 Å². The largest absolute Gasteiger partial charge is 0.494 e. The van der Waals surface area contributed by atoms with Gasteiger partial charge in [-0.15, -0.1) is 0 Å². The van der Waals surface area contributed by atoms with Gasteiger partial charge >= 0.3 is 0 Å². The maximum absolute atomic E-state index is 12.7. The molecular formula is C25H33N3O5S2. The molecule has 0 bridgehead atoms. The zero-order valence-electron chi connectivity index (χ0n) is 20.0. The Morgan fingerprint density at radius 2 is 1.66 bits per heavy atom. The molecule has 35 heavy (non-hydrogen) atoms. The molecule has 0 spiro atoms. The van der Waals surface area contributed by atoms with Crippen LogP contribution in [0.15, 0.2) is 53.4 Å². The molecule has 190 valence electrons. The molecule has 0 saturated carbocycles. The van der Waals surface area contributed by atoms with E-state index in [0.29, 0.717) is 44.2 Å². The second-order valence-corrected chi connectivity index (χ2v) is 10.6. The van der Waals surface area contributed by atoms with Crippen LogP contribution in [0.4, 0.5) is 5.69 Å². The van der Waals surface area contributed by atoms with Gasteiger partial charge in [-0.3, -0.25) is 10.1 Å². The fourth-order valence-electron chi connectivity index (χ4n) is 3.58. The van der Waals surface area contributed by atoms with E-state index in [-0.39, 0.29) is 15.9 Å². The normalized spacial score (nSPS) is 14.3. The highest BCUT2D eigenvalue weighted by molar-refractivity contribution is 7.89. The van der Waals surface area contributed by atoms with Gasteiger partial charge in [-0.25, -0.2) is 8.42 Å². The van der Waals surface area contributed by atoms with E-state index in [0.717, 1.165) is 18.6 Å². The number of hydrogen-bond acceptors (Lipinski definition) is 6. The van der Waals surface area contributed by atoms with Crippen LogP contribution in [0.5, 0.6) is 5.75 Å². The van der Waals surface area contributed by atoms with Gasteiger partial charge in [0.1, 0.15) is 5.75 Å². The number of carbonyl (C=O) groups is 1. The number of sulfonamides is 1. The summed E-state index contributed by atoms with van der Waals surface area (Å²) >= 11 is 5.24. The SMILES string of the molecule is CCCCCCCOc1ccc(C(=O)NC(=S)Nc2ccc(S(=O)(=O)N3CCOCC3)cc2)cc1. The minimum Gasteiger partial charge on any atom is -0.494 e. The van der Waals surface area contributed by atoms with E-state index >= 15 is 0 Å². The summed E-state index contributed by atoms with van der Waals surface area (Å²) in [5, 5.41) is 5.66. The molecule has 0 radical (unpaired) electrons. The van der Waals surface area contributed by atoms with Gasteiger partial charge in [-0.05, 0) is 67.2 Å². The predicted octanol–water partition coefficient (Wildman–Crippen LogP) is 4.18. The summed E-state index contributed by atoms with van der Waals surface area (Å²) < 4.78 is 37.8. The average molecular weight is 520 g/mol. The second-order valence-electron chi connectivity index (χ2n) is 8.24. The number of hydrogen-bond donors (Lipinski definition) is 2. The minimum absolute atomic E-state index is 0.117. The highest BCUT2D eigenvalue weighted by Gasteiger charge is 2.26. The highest BCUT2D eigenvalue weighted by Crippen LogP contribution is 2.19. The summed E-state index contributed by atoms with van der Waals surface area (Å²) in [5.41, 5.74) is 1.02. The summed E-state index contributed by atoms with van der Waals surface area (Å²) in [6.07, 6.45) is 5.87. The van der Waals surface area contributed by atoms with E-state index in [4.69, 9.17) is 21.7 Å². The van der Waals surface area contributed by atoms with Crippen LogP contribution in [0.2, 0.25) is 0 Å². The van der Waals surface area contributed by atoms with Crippen LogP contribution >= 0.6 is 12.2 Å². The molecule has 1 fully saturated rings. The molecule has 1 aliphatic heterocycles. The molecule has 0 atom stereocenters. The predicted molar refractivity (Wildman–Crippen MR) is 140 cm³/mol. The molecule has 1 saturated heterocycles. The van der Waals surface area contributed by atoms with Gasteiger partial charge in [0.15, 0.2) is 5.11 Å². The fraction of sp³-hybridized carbons (Fsp3) is 0.440. The van der Waals surface area contributed by atoms with Crippen LogP contribution in [-0.4, -0.2) is 56.7 Å². The Labute approximate surface area is 213 Å². The van der Waals surface area contributed by atoms with Crippen LogP contribution in [0.1, 0.15) is 49.4 Å². The third kappa shape index (κ3) is 8.28. The Morgan fingerprint density at radius 3 is 2.31 bits per heavy atom. The van der Waals surface area contributed by atoms with Crippen molar-refractivity contribution in [2.75, 3.05) is 38.2 Å². The zero-order valence-corrected chi connectivity index (χ0v) is 21.6. The van der Waals surface area contributed by atoms with Crippen molar-refractivity contribution in [1.82, 2.24) is 9.62 Å². The first-order chi connectivity index (χ1) is 16.9. The van der Waals surface area contributed by atoms with Crippen molar-refractivity contribution in [2.24, 2.45) is 0 Å². The molecule has 1 amide bonds. The quantitative estimate of drug-likeness (QED) is 0.340. The lowest BCUT2D eigenvalue weighted by Gasteiger charge is -2.26. The number of morpholine rings is 1. The number of thiocarbonyl (C=S) groups is 1. The molecule has 1 aliphatic rings. The summed E-state index contributed by atoms with van der Waals surface area (Å²) in [5.74, 6) is 0.380. The first-order valence-corrected chi connectivity index (χ1v) is 13.8. The number of rotatable bonds is 11. The third-order valence-electron chi connectivity index (χ3n) is 5.58. The van der Waals surface area contributed by atoms with Crippen LogP contribution in [0.3, 0.4) is 0 Å². The van der Waals surface area contributed by atoms with Gasteiger partial charge in [0, 0.05) is 24.3 Å². The van der Waals surface area contributed by atoms with Crippen molar-refractivity contribution in [3.8, 4) is 5.75 Å². The molecule has 0 unspecified atom stereocenters. The van der Waals surface area contributed by atoms with Crippen molar-refractivity contribution < 1.29 is 22.7 Å². The fourth-order valence-corrected chi connectivity index (χ4v) is 5.20. The number of ether oxygens (including phenoxy) is 2. The molecule has 0 aliphatic carbocycles. The van der Waals surface area contributed by atoms with Crippen molar-refractivity contribution in [2.45, 2.75) is 43.9 Å². The number of benzene rings is 2. The Hall–Kier alpha value is -2.53. The standard InChI is InChI=1S/C25H33N3O5S2/c1-2-3-4-5-6-17-33-22-11-7-20(8-12-22)24(29)27-25(34)26-21-9-13-23(14-10-21)35(30,31)28-15-18-32-19-16-28/h7-14H,2-6,15-19H2,1H3,(H2,26,27,29,34). The van der Waals surface area contributed by atoms with Gasteiger partial charge in [0.2, 0.25) is 10.0 Å². The lowest BCUT2D eigenvalue weighted by atomic mass is 10.2. The molecule has 0 aromatic heterocycles. The van der Waals surface area contributed by atoms with Gasteiger partial charge in [0.25, 0.3) is 5.91 Å². The van der Waals surface area contributed by atoms with E-state index in [1.165, 1.54) is 35.7 Å². The minimum atomic E-state index is -3.56. The number of nitrogens with zero attached hydrogens (tertiary/aromatic N) is 1. The van der Waals surface area contributed by atoms with E-state index in [1.54, 1.807) is 36.4 Å². The van der Waals surface area contributed by atoms with Crippen LogP contribution in [0, 0.1) is 0 Å². The average Bonchev–Trinajstić information content (AvgIpc) is 2.87. The molecule has 8 nitrogen and oxygen atoms in total. The summed E-state index contributed by atoms with van der Waals surface area (Å²) in [4.78, 5) is 12.7. The number of anilines is 1. The smallest absolute Gasteiger partial charge is 0.257 e. The van der Waals surface area contributed by atoms with E-state index in [9.17, 15) is 13.2 Å². The lowest BCUT2D eigenvalue weighted by Crippen LogP contribution is -2.40. The van der Waals surface area contributed by atoms with Crippen LogP contribution in [-0.2, 0) is 14.8 Å². The number of amides is 1. The molecule has 2 aromatic rings. The zero-order chi connectivity index (χ0) is 25.1. The molecule has 10 heteroatoms. The maximum Gasteiger partial charge on any atom is 0.257 e. The maximum atomic E-state index is 12.7. The van der Waals surface area contributed by atoms with E-state index in [1.807, 2.05) is 0 Å². The van der Waals surface area contributed by atoms with Gasteiger partial charge < -0.3 is 14.8 Å². The van der Waals surface area contributed by atoms with Crippen molar-refractivity contribution in [1.29, 1.82) is 0 Å². The first-order valence-electron chi connectivity index (χ1n) is 11.9. The Kier molecular flexibility index (Phi) is 10.5. The Balaban J connectivity index is 1.46. The van der Waals surface area contributed by atoms with Crippen LogP contribution in [0.25, 0.3) is 0 Å². The summed E-state index contributed by atoms with van der Waals surface area (Å²) in [6, 6.07) is 13.2. The van der Waals surface area contributed by atoms with Gasteiger partial charge in [-0.2, -0.15) is 4.31 Å². The number of carbonyl (C=O) groups excluding carboxylic acids is 1. The molecule has 2 N–H and O–H groups in total. The number of unbranched alkanes of at least 4 members (excludes halogenated alkanes) is 4. The van der Waals surface area contributed by atoms with Gasteiger partial charge in [0.05, 0.1) is 24.7 Å². The molecule has 2 aromatic carbocycles. The Bertz CT molecular complexity index is 1070.